The average Bonchev–Trinajstić information content (AvgIpc) is 2.61. The summed E-state index contributed by atoms with van der Waals surface area (Å²) in [6, 6.07) is 15.7. The van der Waals surface area contributed by atoms with Crippen LogP contribution >= 0.6 is 0 Å². The van der Waals surface area contributed by atoms with Crippen LogP contribution in [0.15, 0.2) is 48.5 Å². The molecule has 0 aliphatic carbocycles. The van der Waals surface area contributed by atoms with Crippen molar-refractivity contribution in [1.29, 1.82) is 0 Å². The number of nitrogens with zero attached hydrogens (tertiary/aromatic N) is 1. The summed E-state index contributed by atoms with van der Waals surface area (Å²) in [4.78, 5) is 14.3. The Kier molecular flexibility index (Phi) is 7.29. The summed E-state index contributed by atoms with van der Waals surface area (Å²) in [5.41, 5.74) is 3.06. The Hall–Kier alpha value is -2.53. The number of carbonyl (C=O) groups excluding carboxylic acids is 1. The van der Waals surface area contributed by atoms with Crippen LogP contribution in [0.2, 0.25) is 0 Å². The molecule has 0 heterocycles. The molecule has 5 heteroatoms. The van der Waals surface area contributed by atoms with E-state index in [9.17, 15) is 4.79 Å². The second kappa shape index (κ2) is 9.69. The standard InChI is InChI=1S/C20H27N3O2/c1-23(2)13-12-21-18-10-8-16(9-11-18)15-22-20(24)14-17-6-4-5-7-19(17)25-3/h4-11,21H,12-15H2,1-3H3,(H,22,24). The molecule has 0 spiro atoms. The van der Waals surface area contributed by atoms with Gasteiger partial charge in [0.1, 0.15) is 5.75 Å². The summed E-state index contributed by atoms with van der Waals surface area (Å²) in [5.74, 6) is 0.725. The predicted octanol–water partition coefficient (Wildman–Crippen LogP) is 2.53. The highest BCUT2D eigenvalue weighted by Gasteiger charge is 2.07. The molecule has 0 bridgehead atoms. The molecule has 5 nitrogen and oxygen atoms in total. The van der Waals surface area contributed by atoms with E-state index in [-0.39, 0.29) is 5.91 Å². The fraction of sp³-hybridized carbons (Fsp3) is 0.350. The van der Waals surface area contributed by atoms with Crippen molar-refractivity contribution in [3.63, 3.8) is 0 Å². The zero-order chi connectivity index (χ0) is 18.1. The van der Waals surface area contributed by atoms with E-state index in [1.165, 1.54) is 0 Å². The van der Waals surface area contributed by atoms with Crippen molar-refractivity contribution in [2.75, 3.05) is 39.6 Å². The Morgan fingerprint density at radius 1 is 1.08 bits per heavy atom. The monoisotopic (exact) mass is 341 g/mol. The smallest absolute Gasteiger partial charge is 0.224 e. The molecule has 134 valence electrons. The number of anilines is 1. The van der Waals surface area contributed by atoms with E-state index in [0.29, 0.717) is 13.0 Å². The largest absolute Gasteiger partial charge is 0.496 e. The number of benzene rings is 2. The van der Waals surface area contributed by atoms with Crippen molar-refractivity contribution in [3.05, 3.63) is 59.7 Å². The van der Waals surface area contributed by atoms with Crippen LogP contribution in [0.1, 0.15) is 11.1 Å². The van der Waals surface area contributed by atoms with Crippen LogP contribution in [-0.2, 0) is 17.8 Å². The summed E-state index contributed by atoms with van der Waals surface area (Å²) in [6.45, 7) is 2.41. The van der Waals surface area contributed by atoms with Gasteiger partial charge in [0, 0.05) is 30.9 Å². The Bertz CT molecular complexity index is 669. The van der Waals surface area contributed by atoms with Gasteiger partial charge >= 0.3 is 0 Å². The second-order valence-electron chi connectivity index (χ2n) is 6.19. The molecule has 0 aromatic heterocycles. The van der Waals surface area contributed by atoms with E-state index in [0.717, 1.165) is 35.7 Å². The van der Waals surface area contributed by atoms with Gasteiger partial charge in [-0.1, -0.05) is 30.3 Å². The fourth-order valence-corrected chi connectivity index (χ4v) is 2.45. The van der Waals surface area contributed by atoms with Crippen LogP contribution in [0, 0.1) is 0 Å². The maximum absolute atomic E-state index is 12.1. The number of para-hydroxylation sites is 1. The van der Waals surface area contributed by atoms with E-state index in [1.54, 1.807) is 7.11 Å². The van der Waals surface area contributed by atoms with E-state index in [4.69, 9.17) is 4.74 Å². The first-order valence-electron chi connectivity index (χ1n) is 8.44. The van der Waals surface area contributed by atoms with Crippen molar-refractivity contribution < 1.29 is 9.53 Å². The molecular formula is C20H27N3O2. The number of ether oxygens (including phenoxy) is 1. The van der Waals surface area contributed by atoms with E-state index >= 15 is 0 Å². The Morgan fingerprint density at radius 3 is 2.48 bits per heavy atom. The molecule has 0 atom stereocenters. The Labute approximate surface area is 150 Å². The molecule has 2 aromatic rings. The maximum atomic E-state index is 12.1. The molecule has 25 heavy (non-hydrogen) atoms. The number of methoxy groups -OCH3 is 1. The molecular weight excluding hydrogens is 314 g/mol. The molecule has 0 saturated heterocycles. The SMILES string of the molecule is COc1ccccc1CC(=O)NCc1ccc(NCCN(C)C)cc1. The number of hydrogen-bond acceptors (Lipinski definition) is 4. The Morgan fingerprint density at radius 2 is 1.80 bits per heavy atom. The topological polar surface area (TPSA) is 53.6 Å². The van der Waals surface area contributed by atoms with Gasteiger partial charge in [-0.3, -0.25) is 4.79 Å². The van der Waals surface area contributed by atoms with E-state index in [2.05, 4.69) is 29.6 Å². The molecule has 0 saturated carbocycles. The van der Waals surface area contributed by atoms with Gasteiger partial charge in [0.2, 0.25) is 5.91 Å². The third kappa shape index (κ3) is 6.47. The molecule has 0 radical (unpaired) electrons. The predicted molar refractivity (Wildman–Crippen MR) is 102 cm³/mol. The lowest BCUT2D eigenvalue weighted by molar-refractivity contribution is -0.120. The van der Waals surface area contributed by atoms with E-state index in [1.807, 2.05) is 48.5 Å². The zero-order valence-corrected chi connectivity index (χ0v) is 15.2. The zero-order valence-electron chi connectivity index (χ0n) is 15.2. The van der Waals surface area contributed by atoms with Crippen LogP contribution in [-0.4, -0.2) is 45.1 Å². The molecule has 1 amide bonds. The summed E-state index contributed by atoms with van der Waals surface area (Å²) in [5, 5.41) is 6.33. The average molecular weight is 341 g/mol. The van der Waals surface area contributed by atoms with Gasteiger partial charge < -0.3 is 20.3 Å². The van der Waals surface area contributed by atoms with Crippen molar-refractivity contribution >= 4 is 11.6 Å². The van der Waals surface area contributed by atoms with Crippen LogP contribution in [0.5, 0.6) is 5.75 Å². The first-order valence-corrected chi connectivity index (χ1v) is 8.44. The van der Waals surface area contributed by atoms with Crippen LogP contribution < -0.4 is 15.4 Å². The first kappa shape index (κ1) is 18.8. The molecule has 0 fully saturated rings. The third-order valence-corrected chi connectivity index (χ3v) is 3.88. The summed E-state index contributed by atoms with van der Waals surface area (Å²) >= 11 is 0. The number of carbonyl (C=O) groups is 1. The highest BCUT2D eigenvalue weighted by molar-refractivity contribution is 5.79. The molecule has 0 unspecified atom stereocenters. The van der Waals surface area contributed by atoms with Crippen LogP contribution in [0.3, 0.4) is 0 Å². The highest BCUT2D eigenvalue weighted by Crippen LogP contribution is 2.17. The minimum atomic E-state index is -0.0160. The number of likely N-dealkylation sites (N-methyl/N-ethyl adjacent to an activating group) is 1. The van der Waals surface area contributed by atoms with Gasteiger partial charge in [-0.2, -0.15) is 0 Å². The summed E-state index contributed by atoms with van der Waals surface area (Å²) < 4.78 is 5.28. The van der Waals surface area contributed by atoms with Gasteiger partial charge in [-0.25, -0.2) is 0 Å². The summed E-state index contributed by atoms with van der Waals surface area (Å²) in [7, 11) is 5.72. The van der Waals surface area contributed by atoms with Crippen molar-refractivity contribution in [2.24, 2.45) is 0 Å². The van der Waals surface area contributed by atoms with Gasteiger partial charge in [-0.15, -0.1) is 0 Å². The lowest BCUT2D eigenvalue weighted by atomic mass is 10.1. The maximum Gasteiger partial charge on any atom is 0.224 e. The number of rotatable bonds is 9. The molecule has 2 N–H and O–H groups in total. The third-order valence-electron chi connectivity index (χ3n) is 3.88. The minimum Gasteiger partial charge on any atom is -0.496 e. The molecule has 2 rings (SSSR count). The molecule has 2 aromatic carbocycles. The second-order valence-corrected chi connectivity index (χ2v) is 6.19. The normalized spacial score (nSPS) is 10.6. The number of amides is 1. The van der Waals surface area contributed by atoms with Gasteiger partial charge in [0.15, 0.2) is 0 Å². The number of hydrogen-bond donors (Lipinski definition) is 2. The highest BCUT2D eigenvalue weighted by atomic mass is 16.5. The van der Waals surface area contributed by atoms with Crippen molar-refractivity contribution in [3.8, 4) is 5.75 Å². The van der Waals surface area contributed by atoms with Gasteiger partial charge in [0.25, 0.3) is 0 Å². The lowest BCUT2D eigenvalue weighted by Gasteiger charge is -2.12. The first-order chi connectivity index (χ1) is 12.1. The van der Waals surface area contributed by atoms with E-state index < -0.39 is 0 Å². The molecule has 0 aliphatic rings. The quantitative estimate of drug-likeness (QED) is 0.736. The molecule has 0 aliphatic heterocycles. The lowest BCUT2D eigenvalue weighted by Crippen LogP contribution is -2.24. The van der Waals surface area contributed by atoms with Crippen LogP contribution in [0.25, 0.3) is 0 Å². The van der Waals surface area contributed by atoms with Gasteiger partial charge in [-0.05, 0) is 37.9 Å². The van der Waals surface area contributed by atoms with Crippen LogP contribution in [0.4, 0.5) is 5.69 Å². The minimum absolute atomic E-state index is 0.0160. The van der Waals surface area contributed by atoms with Crippen molar-refractivity contribution in [2.45, 2.75) is 13.0 Å². The van der Waals surface area contributed by atoms with Gasteiger partial charge in [0.05, 0.1) is 13.5 Å². The summed E-state index contributed by atoms with van der Waals surface area (Å²) in [6.07, 6.45) is 0.314. The Balaban J connectivity index is 1.79. The van der Waals surface area contributed by atoms with Crippen molar-refractivity contribution in [1.82, 2.24) is 10.2 Å². The fourth-order valence-electron chi connectivity index (χ4n) is 2.45. The number of nitrogens with one attached hydrogen (secondary N) is 2.